The molecule has 1 aromatic carbocycles. The average Bonchev–Trinajstić information content (AvgIpc) is 2.39. The standard InChI is InChI=1S/C13H13FN2O3S/c1-20(17,18)16-9-10-5-4-8-15-13(10)19-12-7-3-2-6-11(12)14/h2-8,16H,9H2,1H3. The molecule has 20 heavy (non-hydrogen) atoms. The number of aromatic nitrogens is 1. The Kier molecular flexibility index (Phi) is 4.31. The van der Waals surface area contributed by atoms with E-state index in [1.165, 1.54) is 18.3 Å². The minimum atomic E-state index is -3.33. The highest BCUT2D eigenvalue weighted by Gasteiger charge is 2.10. The molecule has 0 fully saturated rings. The van der Waals surface area contributed by atoms with Crippen molar-refractivity contribution in [2.24, 2.45) is 0 Å². The van der Waals surface area contributed by atoms with E-state index in [9.17, 15) is 12.8 Å². The number of ether oxygens (including phenoxy) is 1. The minimum absolute atomic E-state index is 0.0243. The number of para-hydroxylation sites is 1. The van der Waals surface area contributed by atoms with E-state index in [-0.39, 0.29) is 18.2 Å². The molecule has 0 bridgehead atoms. The first kappa shape index (κ1) is 14.4. The third kappa shape index (κ3) is 4.01. The van der Waals surface area contributed by atoms with Gasteiger partial charge in [-0.15, -0.1) is 0 Å². The number of nitrogens with zero attached hydrogens (tertiary/aromatic N) is 1. The van der Waals surface area contributed by atoms with E-state index in [4.69, 9.17) is 4.74 Å². The van der Waals surface area contributed by atoms with Crippen molar-refractivity contribution in [1.29, 1.82) is 0 Å². The molecule has 0 aliphatic heterocycles. The van der Waals surface area contributed by atoms with Gasteiger partial charge in [-0.3, -0.25) is 0 Å². The van der Waals surface area contributed by atoms with Gasteiger partial charge in [0.25, 0.3) is 0 Å². The third-order valence-electron chi connectivity index (χ3n) is 2.42. The Morgan fingerprint density at radius 1 is 1.25 bits per heavy atom. The van der Waals surface area contributed by atoms with Gasteiger partial charge in [0.2, 0.25) is 15.9 Å². The van der Waals surface area contributed by atoms with Crippen LogP contribution in [-0.4, -0.2) is 19.7 Å². The van der Waals surface area contributed by atoms with Crippen molar-refractivity contribution in [3.8, 4) is 11.6 Å². The Balaban J connectivity index is 2.22. The van der Waals surface area contributed by atoms with Crippen molar-refractivity contribution in [3.05, 3.63) is 54.0 Å². The van der Waals surface area contributed by atoms with E-state index in [1.54, 1.807) is 24.3 Å². The van der Waals surface area contributed by atoms with Crippen LogP contribution < -0.4 is 9.46 Å². The first-order valence-electron chi connectivity index (χ1n) is 5.76. The van der Waals surface area contributed by atoms with Crippen molar-refractivity contribution >= 4 is 10.0 Å². The van der Waals surface area contributed by atoms with Gasteiger partial charge in [-0.2, -0.15) is 0 Å². The van der Waals surface area contributed by atoms with Crippen LogP contribution in [0.4, 0.5) is 4.39 Å². The number of sulfonamides is 1. The van der Waals surface area contributed by atoms with Crippen LogP contribution in [0.1, 0.15) is 5.56 Å². The molecule has 106 valence electrons. The van der Waals surface area contributed by atoms with Crippen LogP contribution in [0.2, 0.25) is 0 Å². The fraction of sp³-hybridized carbons (Fsp3) is 0.154. The van der Waals surface area contributed by atoms with Crippen molar-refractivity contribution in [3.63, 3.8) is 0 Å². The summed E-state index contributed by atoms with van der Waals surface area (Å²) in [6.45, 7) is 0.0243. The number of benzene rings is 1. The summed E-state index contributed by atoms with van der Waals surface area (Å²) >= 11 is 0. The number of hydrogen-bond acceptors (Lipinski definition) is 4. The largest absolute Gasteiger partial charge is 0.436 e. The van der Waals surface area contributed by atoms with E-state index in [2.05, 4.69) is 9.71 Å². The van der Waals surface area contributed by atoms with Crippen molar-refractivity contribution in [2.75, 3.05) is 6.26 Å². The van der Waals surface area contributed by atoms with Gasteiger partial charge in [0.15, 0.2) is 11.6 Å². The monoisotopic (exact) mass is 296 g/mol. The lowest BCUT2D eigenvalue weighted by Gasteiger charge is -2.10. The predicted octanol–water partition coefficient (Wildman–Crippen LogP) is 2.06. The van der Waals surface area contributed by atoms with E-state index in [0.717, 1.165) is 6.26 Å². The first-order valence-corrected chi connectivity index (χ1v) is 7.66. The average molecular weight is 296 g/mol. The molecule has 0 amide bonds. The highest BCUT2D eigenvalue weighted by atomic mass is 32.2. The molecule has 0 saturated heterocycles. The molecule has 1 N–H and O–H groups in total. The molecule has 0 saturated carbocycles. The molecular weight excluding hydrogens is 283 g/mol. The van der Waals surface area contributed by atoms with Gasteiger partial charge in [0.05, 0.1) is 6.26 Å². The second kappa shape index (κ2) is 5.98. The maximum absolute atomic E-state index is 13.5. The molecule has 2 aromatic rings. The summed E-state index contributed by atoms with van der Waals surface area (Å²) in [4.78, 5) is 3.99. The minimum Gasteiger partial charge on any atom is -0.436 e. The molecule has 0 spiro atoms. The molecule has 0 unspecified atom stereocenters. The second-order valence-electron chi connectivity index (χ2n) is 4.09. The van der Waals surface area contributed by atoms with Gasteiger partial charge in [-0.1, -0.05) is 18.2 Å². The zero-order valence-electron chi connectivity index (χ0n) is 10.7. The van der Waals surface area contributed by atoms with Gasteiger partial charge in [0, 0.05) is 18.3 Å². The van der Waals surface area contributed by atoms with Crippen molar-refractivity contribution in [2.45, 2.75) is 6.54 Å². The third-order valence-corrected chi connectivity index (χ3v) is 3.09. The van der Waals surface area contributed by atoms with Gasteiger partial charge in [-0.25, -0.2) is 22.5 Å². The van der Waals surface area contributed by atoms with Gasteiger partial charge < -0.3 is 4.74 Å². The molecule has 5 nitrogen and oxygen atoms in total. The van der Waals surface area contributed by atoms with Crippen LogP contribution in [-0.2, 0) is 16.6 Å². The summed E-state index contributed by atoms with van der Waals surface area (Å²) in [5, 5.41) is 0. The van der Waals surface area contributed by atoms with Crippen LogP contribution >= 0.6 is 0 Å². The summed E-state index contributed by atoms with van der Waals surface area (Å²) in [7, 11) is -3.33. The van der Waals surface area contributed by atoms with Crippen LogP contribution in [0.15, 0.2) is 42.6 Å². The first-order chi connectivity index (χ1) is 9.46. The lowest BCUT2D eigenvalue weighted by atomic mass is 10.2. The number of pyridine rings is 1. The molecule has 7 heteroatoms. The van der Waals surface area contributed by atoms with E-state index >= 15 is 0 Å². The molecule has 0 aliphatic rings. The highest BCUT2D eigenvalue weighted by Crippen LogP contribution is 2.25. The van der Waals surface area contributed by atoms with Crippen LogP contribution in [0.25, 0.3) is 0 Å². The lowest BCUT2D eigenvalue weighted by molar-refractivity contribution is 0.422. The molecule has 0 atom stereocenters. The van der Waals surface area contributed by atoms with Crippen LogP contribution in [0, 0.1) is 5.82 Å². The maximum atomic E-state index is 13.5. The second-order valence-corrected chi connectivity index (χ2v) is 5.93. The normalized spacial score (nSPS) is 11.3. The molecule has 0 aliphatic carbocycles. The van der Waals surface area contributed by atoms with Crippen LogP contribution in [0.3, 0.4) is 0 Å². The van der Waals surface area contributed by atoms with Gasteiger partial charge >= 0.3 is 0 Å². The smallest absolute Gasteiger partial charge is 0.223 e. The SMILES string of the molecule is CS(=O)(=O)NCc1cccnc1Oc1ccccc1F. The summed E-state index contributed by atoms with van der Waals surface area (Å²) in [6, 6.07) is 9.22. The van der Waals surface area contributed by atoms with Gasteiger partial charge in [0.1, 0.15) is 0 Å². The Labute approximate surface area is 116 Å². The summed E-state index contributed by atoms with van der Waals surface area (Å²) in [5.41, 5.74) is 0.515. The number of rotatable bonds is 5. The number of nitrogens with one attached hydrogen (secondary N) is 1. The van der Waals surface area contributed by atoms with E-state index in [1.807, 2.05) is 0 Å². The molecule has 1 aromatic heterocycles. The molecule has 0 radical (unpaired) electrons. The van der Waals surface area contributed by atoms with Gasteiger partial charge in [-0.05, 0) is 18.2 Å². The molecule has 1 heterocycles. The number of hydrogen-bond donors (Lipinski definition) is 1. The zero-order valence-corrected chi connectivity index (χ0v) is 11.5. The Morgan fingerprint density at radius 2 is 2.00 bits per heavy atom. The Bertz CT molecular complexity index is 704. The van der Waals surface area contributed by atoms with Crippen molar-refractivity contribution < 1.29 is 17.5 Å². The maximum Gasteiger partial charge on any atom is 0.223 e. The summed E-state index contributed by atoms with van der Waals surface area (Å²) in [5.74, 6) is -0.319. The topological polar surface area (TPSA) is 68.3 Å². The fourth-order valence-corrected chi connectivity index (χ4v) is 1.91. The Hall–Kier alpha value is -1.99. The molecule has 2 rings (SSSR count). The van der Waals surface area contributed by atoms with E-state index in [0.29, 0.717) is 5.56 Å². The van der Waals surface area contributed by atoms with E-state index < -0.39 is 15.8 Å². The predicted molar refractivity (Wildman–Crippen MR) is 72.4 cm³/mol. The van der Waals surface area contributed by atoms with Crippen molar-refractivity contribution in [1.82, 2.24) is 9.71 Å². The number of halogens is 1. The molecular formula is C13H13FN2O3S. The fourth-order valence-electron chi connectivity index (χ4n) is 1.49. The lowest BCUT2D eigenvalue weighted by Crippen LogP contribution is -2.21. The highest BCUT2D eigenvalue weighted by molar-refractivity contribution is 7.88. The quantitative estimate of drug-likeness (QED) is 0.917. The van der Waals surface area contributed by atoms with Crippen LogP contribution in [0.5, 0.6) is 11.6 Å². The Morgan fingerprint density at radius 3 is 2.70 bits per heavy atom. The summed E-state index contributed by atoms with van der Waals surface area (Å²) in [6.07, 6.45) is 2.54. The zero-order chi connectivity index (χ0) is 14.6. The summed E-state index contributed by atoms with van der Waals surface area (Å²) < 4.78 is 43.4.